The van der Waals surface area contributed by atoms with Crippen LogP contribution >= 0.6 is 0 Å². The third kappa shape index (κ3) is 20.1. The molecule has 0 aromatic rings. The van der Waals surface area contributed by atoms with Gasteiger partial charge in [0.15, 0.2) is 0 Å². The molecule has 0 nitrogen and oxygen atoms in total. The maximum absolute atomic E-state index is 3.92. The second kappa shape index (κ2) is 22.8. The maximum Gasteiger partial charge on any atom is -0.0348 e. The summed E-state index contributed by atoms with van der Waals surface area (Å²) in [4.78, 5) is 0. The first-order chi connectivity index (χ1) is 12.8. The number of unbranched alkanes of at least 4 members (excludes halogenated alkanes) is 13. The first kappa shape index (κ1) is 25.7. The summed E-state index contributed by atoms with van der Waals surface area (Å²) in [6.07, 6.45) is 32.2. The third-order valence-corrected chi connectivity index (χ3v) is 5.61. The average molecular weight is 363 g/mol. The van der Waals surface area contributed by atoms with Crippen molar-refractivity contribution in [3.8, 4) is 0 Å². The Morgan fingerprint density at radius 1 is 0.538 bits per heavy atom. The van der Waals surface area contributed by atoms with Crippen LogP contribution in [0.5, 0.6) is 0 Å². The van der Waals surface area contributed by atoms with E-state index in [1.54, 1.807) is 0 Å². The molecule has 0 bridgehead atoms. The van der Waals surface area contributed by atoms with Crippen LogP contribution < -0.4 is 0 Å². The fraction of sp³-hybridized carbons (Fsp3) is 0.846. The summed E-state index contributed by atoms with van der Waals surface area (Å²) in [5.74, 6) is 0.974. The van der Waals surface area contributed by atoms with Crippen LogP contribution in [0.25, 0.3) is 0 Å². The van der Waals surface area contributed by atoms with E-state index in [0.717, 1.165) is 18.8 Å². The Kier molecular flexibility index (Phi) is 22.6. The van der Waals surface area contributed by atoms with Gasteiger partial charge < -0.3 is 0 Å². The van der Waals surface area contributed by atoms with Crippen LogP contribution in [0.3, 0.4) is 0 Å². The first-order valence-electron chi connectivity index (χ1n) is 12.1. The van der Waals surface area contributed by atoms with Gasteiger partial charge in [0.1, 0.15) is 0 Å². The summed E-state index contributed by atoms with van der Waals surface area (Å²) in [5.41, 5.74) is 0. The van der Waals surface area contributed by atoms with Crippen LogP contribution in [0.1, 0.15) is 135 Å². The van der Waals surface area contributed by atoms with Gasteiger partial charge in [-0.3, -0.25) is 0 Å². The van der Waals surface area contributed by atoms with Crippen LogP contribution in [0.4, 0.5) is 0 Å². The number of allylic oxidation sites excluding steroid dienone is 2. The van der Waals surface area contributed by atoms with E-state index in [0.29, 0.717) is 0 Å². The Labute approximate surface area is 167 Å². The van der Waals surface area contributed by atoms with Gasteiger partial charge >= 0.3 is 0 Å². The molecule has 0 heterocycles. The minimum absolute atomic E-state index is 0.974. The van der Waals surface area contributed by atoms with Gasteiger partial charge in [-0.25, -0.2) is 0 Å². The summed E-state index contributed by atoms with van der Waals surface area (Å²) in [5, 5.41) is 0. The maximum atomic E-state index is 3.92. The first-order valence-corrected chi connectivity index (χ1v) is 12.1. The molecular formula is C26H50. The van der Waals surface area contributed by atoms with E-state index in [1.807, 2.05) is 0 Å². The van der Waals surface area contributed by atoms with Crippen LogP contribution in [0.2, 0.25) is 0 Å². The van der Waals surface area contributed by atoms with Gasteiger partial charge in [-0.1, -0.05) is 136 Å². The van der Waals surface area contributed by atoms with Gasteiger partial charge in [0.05, 0.1) is 0 Å². The lowest BCUT2D eigenvalue weighted by atomic mass is 9.91. The average Bonchev–Trinajstić information content (AvgIpc) is 2.66. The second-order valence-electron chi connectivity index (χ2n) is 8.23. The third-order valence-electron chi connectivity index (χ3n) is 5.61. The summed E-state index contributed by atoms with van der Waals surface area (Å²) in [6, 6.07) is 0. The molecular weight excluding hydrogens is 312 g/mol. The molecule has 26 heavy (non-hydrogen) atoms. The fourth-order valence-corrected chi connectivity index (χ4v) is 3.78. The monoisotopic (exact) mass is 362 g/mol. The van der Waals surface area contributed by atoms with Crippen molar-refractivity contribution in [2.45, 2.75) is 135 Å². The molecule has 0 aromatic heterocycles. The molecule has 0 heteroatoms. The topological polar surface area (TPSA) is 0 Å². The van der Waals surface area contributed by atoms with E-state index in [4.69, 9.17) is 0 Å². The molecule has 0 saturated carbocycles. The molecule has 0 fully saturated rings. The summed E-state index contributed by atoms with van der Waals surface area (Å²) >= 11 is 0. The van der Waals surface area contributed by atoms with E-state index < -0.39 is 0 Å². The van der Waals surface area contributed by atoms with Crippen molar-refractivity contribution in [1.82, 2.24) is 0 Å². The van der Waals surface area contributed by atoms with Crippen LogP contribution in [0.15, 0.2) is 12.2 Å². The molecule has 0 aliphatic heterocycles. The van der Waals surface area contributed by atoms with Crippen LogP contribution in [-0.4, -0.2) is 0 Å². The summed E-state index contributed by atoms with van der Waals surface area (Å²) in [7, 11) is 0. The minimum Gasteiger partial charge on any atom is -0.0885 e. The van der Waals surface area contributed by atoms with Gasteiger partial charge in [0.25, 0.3) is 0 Å². The lowest BCUT2D eigenvalue weighted by molar-refractivity contribution is 0.388. The molecule has 0 aromatic carbocycles. The van der Waals surface area contributed by atoms with Crippen molar-refractivity contribution in [3.63, 3.8) is 0 Å². The highest BCUT2D eigenvalue weighted by molar-refractivity contribution is 4.82. The number of hydrogen-bond donors (Lipinski definition) is 0. The van der Waals surface area contributed by atoms with Crippen molar-refractivity contribution in [1.29, 1.82) is 0 Å². The zero-order valence-electron chi connectivity index (χ0n) is 18.3. The van der Waals surface area contributed by atoms with Crippen molar-refractivity contribution in [3.05, 3.63) is 26.0 Å². The van der Waals surface area contributed by atoms with E-state index in [9.17, 15) is 0 Å². The Hall–Kier alpha value is -0.260. The molecule has 2 radical (unpaired) electrons. The lowest BCUT2D eigenvalue weighted by Crippen LogP contribution is -2.00. The molecule has 154 valence electrons. The molecule has 0 rings (SSSR count). The summed E-state index contributed by atoms with van der Waals surface area (Å²) < 4.78 is 0. The highest BCUT2D eigenvalue weighted by Gasteiger charge is 2.07. The zero-order chi connectivity index (χ0) is 19.1. The normalized spacial score (nSPS) is 12.9. The highest BCUT2D eigenvalue weighted by Crippen LogP contribution is 2.23. The molecule has 1 unspecified atom stereocenters. The Bertz CT molecular complexity index is 265. The van der Waals surface area contributed by atoms with Crippen molar-refractivity contribution < 1.29 is 0 Å². The predicted molar refractivity (Wildman–Crippen MR) is 121 cm³/mol. The number of rotatable bonds is 21. The van der Waals surface area contributed by atoms with E-state index in [-0.39, 0.29) is 0 Å². The number of hydrogen-bond acceptors (Lipinski definition) is 0. The molecule has 0 spiro atoms. The van der Waals surface area contributed by atoms with Crippen LogP contribution in [-0.2, 0) is 0 Å². The SMILES string of the molecule is [CH2]CCCC/C=C/CCC(CCCC)CCCCCCCCCCC[CH2]. The smallest absolute Gasteiger partial charge is 0.0348 e. The van der Waals surface area contributed by atoms with Crippen LogP contribution in [0, 0.1) is 19.8 Å². The standard InChI is InChI=1S/C26H50/c1-4-7-10-12-14-15-16-18-20-22-25-26(23-9-6-3)24-21-19-17-13-11-8-5-2/h17,19,26H,1-2,4-16,18,20-25H2,3H3/b19-17+. The molecule has 0 aliphatic carbocycles. The van der Waals surface area contributed by atoms with E-state index in [1.165, 1.54) is 116 Å². The van der Waals surface area contributed by atoms with Gasteiger partial charge in [-0.05, 0) is 31.6 Å². The van der Waals surface area contributed by atoms with Crippen molar-refractivity contribution >= 4 is 0 Å². The van der Waals surface area contributed by atoms with E-state index >= 15 is 0 Å². The summed E-state index contributed by atoms with van der Waals surface area (Å²) in [6.45, 7) is 10.2. The largest absolute Gasteiger partial charge is 0.0885 e. The fourth-order valence-electron chi connectivity index (χ4n) is 3.78. The second-order valence-corrected chi connectivity index (χ2v) is 8.23. The molecule has 0 saturated heterocycles. The molecule has 1 atom stereocenters. The Balaban J connectivity index is 3.61. The van der Waals surface area contributed by atoms with Gasteiger partial charge in [-0.2, -0.15) is 0 Å². The van der Waals surface area contributed by atoms with Crippen molar-refractivity contribution in [2.24, 2.45) is 5.92 Å². The van der Waals surface area contributed by atoms with Gasteiger partial charge in [0, 0.05) is 0 Å². The quantitative estimate of drug-likeness (QED) is 0.141. The van der Waals surface area contributed by atoms with Gasteiger partial charge in [0.2, 0.25) is 0 Å². The van der Waals surface area contributed by atoms with Crippen molar-refractivity contribution in [2.75, 3.05) is 0 Å². The van der Waals surface area contributed by atoms with Gasteiger partial charge in [-0.15, -0.1) is 0 Å². The molecule has 0 aliphatic rings. The predicted octanol–water partition coefficient (Wildman–Crippen LogP) is 9.65. The minimum atomic E-state index is 0.974. The highest BCUT2D eigenvalue weighted by atomic mass is 14.1. The molecule has 0 N–H and O–H groups in total. The Morgan fingerprint density at radius 3 is 1.65 bits per heavy atom. The zero-order valence-corrected chi connectivity index (χ0v) is 18.3. The van der Waals surface area contributed by atoms with E-state index in [2.05, 4.69) is 32.9 Å². The lowest BCUT2D eigenvalue weighted by Gasteiger charge is -2.15. The molecule has 0 amide bonds. The Morgan fingerprint density at radius 2 is 1.04 bits per heavy atom.